The summed E-state index contributed by atoms with van der Waals surface area (Å²) in [6.45, 7) is 0.550. The molecule has 0 amide bonds. The van der Waals surface area contributed by atoms with Gasteiger partial charge in [0.2, 0.25) is 17.0 Å². The van der Waals surface area contributed by atoms with Crippen LogP contribution in [0.3, 0.4) is 0 Å². The van der Waals surface area contributed by atoms with Crippen molar-refractivity contribution in [3.8, 4) is 17.3 Å². The minimum Gasteiger partial charge on any atom is -0.494 e. The molecule has 2 heterocycles. The zero-order chi connectivity index (χ0) is 21.8. The third-order valence-electron chi connectivity index (χ3n) is 4.66. The monoisotopic (exact) mass is 439 g/mol. The van der Waals surface area contributed by atoms with E-state index in [1.54, 1.807) is 42.5 Å². The number of nitrogens with zero attached hydrogens (tertiary/aromatic N) is 3. The van der Waals surface area contributed by atoms with Crippen LogP contribution < -0.4 is 15.9 Å². The highest BCUT2D eigenvalue weighted by Gasteiger charge is 2.21. The molecule has 0 aliphatic carbocycles. The first-order chi connectivity index (χ1) is 15.1. The number of aromatic nitrogens is 4. The van der Waals surface area contributed by atoms with E-state index in [-0.39, 0.29) is 39.6 Å². The van der Waals surface area contributed by atoms with Crippen molar-refractivity contribution in [2.45, 2.75) is 12.8 Å². The minimum atomic E-state index is -0.476. The predicted octanol–water partition coefficient (Wildman–Crippen LogP) is 3.18. The Kier molecular flexibility index (Phi) is 5.94. The highest BCUT2D eigenvalue weighted by molar-refractivity contribution is 6.17. The van der Waals surface area contributed by atoms with E-state index in [2.05, 4.69) is 20.6 Å². The van der Waals surface area contributed by atoms with E-state index in [4.69, 9.17) is 26.5 Å². The number of halogens is 1. The lowest BCUT2D eigenvalue weighted by Gasteiger charge is -2.09. The highest BCUT2D eigenvalue weighted by atomic mass is 35.5. The van der Waals surface area contributed by atoms with Crippen LogP contribution in [0, 0.1) is 0 Å². The van der Waals surface area contributed by atoms with E-state index < -0.39 is 5.43 Å². The van der Waals surface area contributed by atoms with Crippen LogP contribution in [-0.4, -0.2) is 38.9 Å². The molecule has 3 N–H and O–H groups in total. The number of carbonyl (C=O) groups excluding carboxylic acids is 1. The van der Waals surface area contributed by atoms with Gasteiger partial charge in [-0.3, -0.25) is 9.59 Å². The van der Waals surface area contributed by atoms with Gasteiger partial charge in [-0.15, -0.1) is 21.8 Å². The van der Waals surface area contributed by atoms with Crippen molar-refractivity contribution in [3.05, 3.63) is 63.8 Å². The molecule has 158 valence electrons. The SMILES string of the molecule is Nc1c(-c2nn[nH]n2)oc2c(C(=O)c3ccc(OCCCCCl)cc3)cccc2c1=O. The minimum absolute atomic E-state index is 0.0226. The molecule has 0 radical (unpaired) electrons. The first-order valence-corrected chi connectivity index (χ1v) is 10.1. The summed E-state index contributed by atoms with van der Waals surface area (Å²) in [6.07, 6.45) is 1.73. The summed E-state index contributed by atoms with van der Waals surface area (Å²) in [5.74, 6) is 0.911. The van der Waals surface area contributed by atoms with Gasteiger partial charge in [0.15, 0.2) is 5.78 Å². The normalized spacial score (nSPS) is 11.0. The smallest absolute Gasteiger partial charge is 0.242 e. The Labute approximate surface area is 181 Å². The fraction of sp³-hybridized carbons (Fsp3) is 0.190. The Hall–Kier alpha value is -3.72. The summed E-state index contributed by atoms with van der Waals surface area (Å²) >= 11 is 5.66. The number of para-hydroxylation sites is 1. The second-order valence-corrected chi connectivity index (χ2v) is 7.07. The number of H-pyrrole nitrogens is 1. The van der Waals surface area contributed by atoms with Gasteiger partial charge in [0, 0.05) is 11.4 Å². The first kappa shape index (κ1) is 20.5. The fourth-order valence-corrected chi connectivity index (χ4v) is 3.27. The van der Waals surface area contributed by atoms with Crippen molar-refractivity contribution in [1.82, 2.24) is 20.6 Å². The topological polar surface area (TPSA) is 137 Å². The summed E-state index contributed by atoms with van der Waals surface area (Å²) in [5, 5.41) is 13.5. The standard InChI is InChI=1S/C21H18ClN5O4/c22-10-1-2-11-30-13-8-6-12(7-9-13)17(28)14-4-3-5-15-18(29)16(23)20(31-19(14)15)21-24-26-27-25-21/h3-9H,1-2,10-11,23H2,(H,24,25,26,27). The van der Waals surface area contributed by atoms with E-state index in [0.717, 1.165) is 12.8 Å². The fourth-order valence-electron chi connectivity index (χ4n) is 3.08. The van der Waals surface area contributed by atoms with Gasteiger partial charge in [-0.25, -0.2) is 0 Å². The van der Waals surface area contributed by atoms with E-state index in [0.29, 0.717) is 23.8 Å². The maximum Gasteiger partial charge on any atom is 0.242 e. The molecule has 2 aromatic carbocycles. The van der Waals surface area contributed by atoms with Crippen molar-refractivity contribution >= 4 is 34.0 Å². The largest absolute Gasteiger partial charge is 0.494 e. The second kappa shape index (κ2) is 8.97. The van der Waals surface area contributed by atoms with Crippen molar-refractivity contribution in [2.24, 2.45) is 0 Å². The third kappa shape index (κ3) is 4.13. The molecule has 0 saturated heterocycles. The highest BCUT2D eigenvalue weighted by Crippen LogP contribution is 2.28. The van der Waals surface area contributed by atoms with Crippen LogP contribution in [-0.2, 0) is 0 Å². The Bertz CT molecular complexity index is 1270. The van der Waals surface area contributed by atoms with E-state index in [9.17, 15) is 9.59 Å². The van der Waals surface area contributed by atoms with Gasteiger partial charge in [-0.05, 0) is 54.5 Å². The van der Waals surface area contributed by atoms with Crippen LogP contribution in [0.1, 0.15) is 28.8 Å². The molecule has 9 nitrogen and oxygen atoms in total. The Morgan fingerprint density at radius 1 is 1.16 bits per heavy atom. The number of ether oxygens (including phenoxy) is 1. The number of benzene rings is 2. The molecule has 2 aromatic heterocycles. The molecule has 4 aromatic rings. The van der Waals surface area contributed by atoms with Crippen molar-refractivity contribution in [1.29, 1.82) is 0 Å². The van der Waals surface area contributed by atoms with Gasteiger partial charge < -0.3 is 14.9 Å². The van der Waals surface area contributed by atoms with Crippen LogP contribution >= 0.6 is 11.6 Å². The summed E-state index contributed by atoms with van der Waals surface area (Å²) in [5.41, 5.74) is 6.02. The van der Waals surface area contributed by atoms with Gasteiger partial charge in [0.1, 0.15) is 17.0 Å². The predicted molar refractivity (Wildman–Crippen MR) is 115 cm³/mol. The Morgan fingerprint density at radius 2 is 1.97 bits per heavy atom. The molecule has 10 heteroatoms. The average Bonchev–Trinajstić information content (AvgIpc) is 3.33. The van der Waals surface area contributed by atoms with Crippen molar-refractivity contribution in [3.63, 3.8) is 0 Å². The second-order valence-electron chi connectivity index (χ2n) is 6.69. The number of rotatable bonds is 8. The number of anilines is 1. The van der Waals surface area contributed by atoms with E-state index in [1.165, 1.54) is 0 Å². The number of fused-ring (bicyclic) bond motifs is 1. The number of nitrogens with two attached hydrogens (primary N) is 1. The quantitative estimate of drug-likeness (QED) is 0.242. The summed E-state index contributed by atoms with van der Waals surface area (Å²) in [6, 6.07) is 11.5. The molecule has 31 heavy (non-hydrogen) atoms. The third-order valence-corrected chi connectivity index (χ3v) is 4.93. The molecular weight excluding hydrogens is 422 g/mol. The molecular formula is C21H18ClN5O4. The van der Waals surface area contributed by atoms with Gasteiger partial charge in [0.05, 0.1) is 17.6 Å². The molecule has 0 spiro atoms. The zero-order valence-corrected chi connectivity index (χ0v) is 17.1. The average molecular weight is 440 g/mol. The van der Waals surface area contributed by atoms with Crippen LogP contribution in [0.25, 0.3) is 22.6 Å². The number of carbonyl (C=O) groups is 1. The molecule has 0 aliphatic rings. The number of hydrogen-bond donors (Lipinski definition) is 2. The summed E-state index contributed by atoms with van der Waals surface area (Å²) in [4.78, 5) is 25.9. The molecule has 0 aliphatic heterocycles. The number of ketones is 1. The molecule has 0 fully saturated rings. The van der Waals surface area contributed by atoms with E-state index >= 15 is 0 Å². The lowest BCUT2D eigenvalue weighted by molar-refractivity contribution is 0.103. The number of tetrazole rings is 1. The maximum atomic E-state index is 13.2. The maximum absolute atomic E-state index is 13.2. The molecule has 0 bridgehead atoms. The lowest BCUT2D eigenvalue weighted by Crippen LogP contribution is -2.12. The van der Waals surface area contributed by atoms with Gasteiger partial charge in [0.25, 0.3) is 0 Å². The number of hydrogen-bond acceptors (Lipinski definition) is 8. The van der Waals surface area contributed by atoms with Crippen LogP contribution in [0.5, 0.6) is 5.75 Å². The first-order valence-electron chi connectivity index (χ1n) is 9.53. The Morgan fingerprint density at radius 3 is 2.68 bits per heavy atom. The Balaban J connectivity index is 1.69. The van der Waals surface area contributed by atoms with Gasteiger partial charge in [-0.2, -0.15) is 5.21 Å². The van der Waals surface area contributed by atoms with Crippen molar-refractivity contribution < 1.29 is 13.9 Å². The lowest BCUT2D eigenvalue weighted by atomic mass is 10.0. The molecule has 4 rings (SSSR count). The molecule has 0 atom stereocenters. The molecule has 0 unspecified atom stereocenters. The number of alkyl halides is 1. The van der Waals surface area contributed by atoms with Crippen LogP contribution in [0.4, 0.5) is 5.69 Å². The number of aromatic amines is 1. The van der Waals surface area contributed by atoms with E-state index in [1.807, 2.05) is 0 Å². The molecule has 0 saturated carbocycles. The van der Waals surface area contributed by atoms with Crippen LogP contribution in [0.2, 0.25) is 0 Å². The van der Waals surface area contributed by atoms with Gasteiger partial charge >= 0.3 is 0 Å². The van der Waals surface area contributed by atoms with Crippen molar-refractivity contribution in [2.75, 3.05) is 18.2 Å². The number of unbranched alkanes of at least 4 members (excludes halogenated alkanes) is 1. The van der Waals surface area contributed by atoms with Crippen LogP contribution in [0.15, 0.2) is 51.7 Å². The zero-order valence-electron chi connectivity index (χ0n) is 16.3. The summed E-state index contributed by atoms with van der Waals surface area (Å²) < 4.78 is 11.5. The number of nitrogens with one attached hydrogen (secondary N) is 1. The van der Waals surface area contributed by atoms with Gasteiger partial charge in [-0.1, -0.05) is 6.07 Å². The number of nitrogen functional groups attached to an aromatic ring is 1. The summed E-state index contributed by atoms with van der Waals surface area (Å²) in [7, 11) is 0.